The summed E-state index contributed by atoms with van der Waals surface area (Å²) in [5.74, 6) is 1.60. The second-order valence-corrected chi connectivity index (χ2v) is 6.08. The smallest absolute Gasteiger partial charge is 0.251 e. The molecule has 1 N–H and O–H groups in total. The minimum Gasteiger partial charge on any atom is -0.497 e. The fraction of sp³-hybridized carbons (Fsp3) is 0.533. The van der Waals surface area contributed by atoms with Crippen LogP contribution in [0.15, 0.2) is 24.3 Å². The molecule has 1 saturated heterocycles. The quantitative estimate of drug-likeness (QED) is 0.818. The Morgan fingerprint density at radius 1 is 1.45 bits per heavy atom. The number of nitrogens with one attached hydrogen (secondary N) is 1. The number of ether oxygens (including phenoxy) is 2. The lowest BCUT2D eigenvalue weighted by Gasteiger charge is -2.21. The molecule has 1 aromatic rings. The van der Waals surface area contributed by atoms with Gasteiger partial charge in [0.2, 0.25) is 0 Å². The summed E-state index contributed by atoms with van der Waals surface area (Å²) in [6.07, 6.45) is 2.24. The molecule has 0 atom stereocenters. The SMILES string of the molecule is COc1cccc(C(=O)NCCSC2CCOCC2)c1. The molecule has 20 heavy (non-hydrogen) atoms. The highest BCUT2D eigenvalue weighted by Crippen LogP contribution is 2.21. The van der Waals surface area contributed by atoms with Crippen LogP contribution in [0.1, 0.15) is 23.2 Å². The molecule has 0 unspecified atom stereocenters. The Hall–Kier alpha value is -1.20. The van der Waals surface area contributed by atoms with Crippen LogP contribution in [0.25, 0.3) is 0 Å². The Bertz CT molecular complexity index is 433. The molecule has 4 nitrogen and oxygen atoms in total. The van der Waals surface area contributed by atoms with E-state index < -0.39 is 0 Å². The van der Waals surface area contributed by atoms with Crippen molar-refractivity contribution in [1.29, 1.82) is 0 Å². The first kappa shape index (κ1) is 15.2. The third-order valence-corrected chi connectivity index (χ3v) is 4.62. The van der Waals surface area contributed by atoms with Gasteiger partial charge in [-0.2, -0.15) is 11.8 Å². The summed E-state index contributed by atoms with van der Waals surface area (Å²) in [5, 5.41) is 3.62. The minimum absolute atomic E-state index is 0.0449. The molecular weight excluding hydrogens is 274 g/mol. The standard InChI is InChI=1S/C15H21NO3S/c1-18-13-4-2-3-12(11-13)15(17)16-7-10-20-14-5-8-19-9-6-14/h2-4,11,14H,5-10H2,1H3,(H,16,17). The van der Waals surface area contributed by atoms with Gasteiger partial charge in [-0.1, -0.05) is 6.07 Å². The molecule has 110 valence electrons. The van der Waals surface area contributed by atoms with Crippen LogP contribution in [-0.4, -0.2) is 43.8 Å². The molecule has 1 fully saturated rings. The maximum atomic E-state index is 12.0. The Morgan fingerprint density at radius 2 is 2.25 bits per heavy atom. The minimum atomic E-state index is -0.0449. The summed E-state index contributed by atoms with van der Waals surface area (Å²) in [6, 6.07) is 7.20. The number of methoxy groups -OCH3 is 1. The van der Waals surface area contributed by atoms with Crippen LogP contribution in [0.5, 0.6) is 5.75 Å². The van der Waals surface area contributed by atoms with Crippen molar-refractivity contribution in [2.45, 2.75) is 18.1 Å². The average Bonchev–Trinajstić information content (AvgIpc) is 2.52. The molecule has 2 rings (SSSR count). The molecule has 0 bridgehead atoms. The molecule has 1 aromatic carbocycles. The molecule has 5 heteroatoms. The van der Waals surface area contributed by atoms with E-state index in [9.17, 15) is 4.79 Å². The lowest BCUT2D eigenvalue weighted by molar-refractivity contribution is 0.0954. The zero-order valence-electron chi connectivity index (χ0n) is 11.8. The Balaban J connectivity index is 1.69. The average molecular weight is 295 g/mol. The molecule has 1 aliphatic rings. The fourth-order valence-electron chi connectivity index (χ4n) is 2.10. The molecule has 0 aliphatic carbocycles. The van der Waals surface area contributed by atoms with Gasteiger partial charge in [0.05, 0.1) is 7.11 Å². The summed E-state index contributed by atoms with van der Waals surface area (Å²) in [4.78, 5) is 12.0. The Morgan fingerprint density at radius 3 is 3.00 bits per heavy atom. The number of rotatable bonds is 6. The van der Waals surface area contributed by atoms with Crippen LogP contribution in [0, 0.1) is 0 Å². The summed E-state index contributed by atoms with van der Waals surface area (Å²) in [7, 11) is 1.60. The van der Waals surface area contributed by atoms with E-state index in [1.807, 2.05) is 23.9 Å². The van der Waals surface area contributed by atoms with E-state index in [0.29, 0.717) is 23.1 Å². The third kappa shape index (κ3) is 4.72. The van der Waals surface area contributed by atoms with E-state index in [2.05, 4.69) is 5.32 Å². The lowest BCUT2D eigenvalue weighted by Crippen LogP contribution is -2.27. The van der Waals surface area contributed by atoms with E-state index in [4.69, 9.17) is 9.47 Å². The number of hydrogen-bond donors (Lipinski definition) is 1. The maximum Gasteiger partial charge on any atom is 0.251 e. The lowest BCUT2D eigenvalue weighted by atomic mass is 10.2. The van der Waals surface area contributed by atoms with Gasteiger partial charge in [0.1, 0.15) is 5.75 Å². The highest BCUT2D eigenvalue weighted by atomic mass is 32.2. The number of hydrogen-bond acceptors (Lipinski definition) is 4. The maximum absolute atomic E-state index is 12.0. The van der Waals surface area contributed by atoms with Crippen molar-refractivity contribution in [2.75, 3.05) is 32.6 Å². The molecule has 1 aliphatic heterocycles. The van der Waals surface area contributed by atoms with Crippen molar-refractivity contribution in [3.63, 3.8) is 0 Å². The van der Waals surface area contributed by atoms with E-state index in [1.54, 1.807) is 19.2 Å². The summed E-state index contributed by atoms with van der Waals surface area (Å²) < 4.78 is 10.4. The Kier molecular flexibility index (Phi) is 6.21. The number of amides is 1. The molecule has 0 radical (unpaired) electrons. The molecule has 0 spiro atoms. The number of carbonyl (C=O) groups excluding carboxylic acids is 1. The fourth-order valence-corrected chi connectivity index (χ4v) is 3.18. The monoisotopic (exact) mass is 295 g/mol. The van der Waals surface area contributed by atoms with Gasteiger partial charge in [-0.15, -0.1) is 0 Å². The van der Waals surface area contributed by atoms with Gasteiger partial charge in [0, 0.05) is 36.3 Å². The second-order valence-electron chi connectivity index (χ2n) is 4.67. The van der Waals surface area contributed by atoms with Crippen molar-refractivity contribution in [2.24, 2.45) is 0 Å². The first-order valence-corrected chi connectivity index (χ1v) is 7.96. The zero-order chi connectivity index (χ0) is 14.2. The van der Waals surface area contributed by atoms with Crippen LogP contribution in [0.4, 0.5) is 0 Å². The van der Waals surface area contributed by atoms with Gasteiger partial charge in [0.15, 0.2) is 0 Å². The van der Waals surface area contributed by atoms with Crippen LogP contribution < -0.4 is 10.1 Å². The van der Waals surface area contributed by atoms with Crippen molar-refractivity contribution < 1.29 is 14.3 Å². The topological polar surface area (TPSA) is 47.6 Å². The summed E-state index contributed by atoms with van der Waals surface area (Å²) in [5.41, 5.74) is 0.639. The van der Waals surface area contributed by atoms with Crippen LogP contribution >= 0.6 is 11.8 Å². The van der Waals surface area contributed by atoms with Gasteiger partial charge >= 0.3 is 0 Å². The number of benzene rings is 1. The summed E-state index contributed by atoms with van der Waals surface area (Å²) in [6.45, 7) is 2.43. The molecule has 0 aromatic heterocycles. The first-order valence-electron chi connectivity index (χ1n) is 6.91. The predicted molar refractivity (Wildman–Crippen MR) is 81.6 cm³/mol. The molecular formula is C15H21NO3S. The van der Waals surface area contributed by atoms with Gasteiger partial charge in [0.25, 0.3) is 5.91 Å². The predicted octanol–water partition coefficient (Wildman–Crippen LogP) is 2.34. The van der Waals surface area contributed by atoms with Crippen LogP contribution in [-0.2, 0) is 4.74 Å². The zero-order valence-corrected chi connectivity index (χ0v) is 12.6. The van der Waals surface area contributed by atoms with Gasteiger partial charge in [-0.25, -0.2) is 0 Å². The Labute approximate surface area is 124 Å². The second kappa shape index (κ2) is 8.17. The van der Waals surface area contributed by atoms with Crippen LogP contribution in [0.2, 0.25) is 0 Å². The summed E-state index contributed by atoms with van der Waals surface area (Å²) >= 11 is 1.92. The van der Waals surface area contributed by atoms with Crippen LogP contribution in [0.3, 0.4) is 0 Å². The van der Waals surface area contributed by atoms with E-state index in [1.165, 1.54) is 0 Å². The van der Waals surface area contributed by atoms with E-state index >= 15 is 0 Å². The molecule has 1 amide bonds. The van der Waals surface area contributed by atoms with Crippen molar-refractivity contribution >= 4 is 17.7 Å². The van der Waals surface area contributed by atoms with Gasteiger partial charge in [-0.3, -0.25) is 4.79 Å². The highest BCUT2D eigenvalue weighted by molar-refractivity contribution is 7.99. The van der Waals surface area contributed by atoms with Crippen molar-refractivity contribution in [3.8, 4) is 5.75 Å². The van der Waals surface area contributed by atoms with Crippen molar-refractivity contribution in [1.82, 2.24) is 5.32 Å². The normalized spacial score (nSPS) is 15.8. The van der Waals surface area contributed by atoms with E-state index in [0.717, 1.165) is 31.8 Å². The third-order valence-electron chi connectivity index (χ3n) is 3.24. The largest absolute Gasteiger partial charge is 0.497 e. The van der Waals surface area contributed by atoms with Gasteiger partial charge in [-0.05, 0) is 31.0 Å². The van der Waals surface area contributed by atoms with E-state index in [-0.39, 0.29) is 5.91 Å². The van der Waals surface area contributed by atoms with Crippen molar-refractivity contribution in [3.05, 3.63) is 29.8 Å². The first-order chi connectivity index (χ1) is 9.79. The highest BCUT2D eigenvalue weighted by Gasteiger charge is 2.13. The molecule has 1 heterocycles. The van der Waals surface area contributed by atoms with Gasteiger partial charge < -0.3 is 14.8 Å². The molecule has 0 saturated carbocycles. The number of carbonyl (C=O) groups is 1. The number of thioether (sulfide) groups is 1.